The Morgan fingerprint density at radius 2 is 1.88 bits per heavy atom. The lowest BCUT2D eigenvalue weighted by atomic mass is 10.2. The first-order chi connectivity index (χ1) is 8.24. The molecule has 1 aliphatic carbocycles. The summed E-state index contributed by atoms with van der Waals surface area (Å²) in [6, 6.07) is 3.43. The quantitative estimate of drug-likeness (QED) is 0.609. The molecule has 0 atom stereocenters. The van der Waals surface area contributed by atoms with E-state index in [1.54, 1.807) is 0 Å². The minimum Gasteiger partial charge on any atom is -0.326 e. The van der Waals surface area contributed by atoms with E-state index in [-0.39, 0.29) is 5.56 Å². The first-order valence-electron chi connectivity index (χ1n) is 6.26. The molecule has 1 aliphatic rings. The largest absolute Gasteiger partial charge is 0.326 e. The zero-order chi connectivity index (χ0) is 12.1. The van der Waals surface area contributed by atoms with E-state index >= 15 is 0 Å². The maximum atomic E-state index is 11.3. The standard InChI is InChI=1S/C13H19N3O/c1-10-8-12(9-13(17)14-10)16-15-11-6-4-2-3-5-7-11/h8-9H,2-7H2,1H3,(H2,14,16,17). The number of anilines is 1. The molecule has 0 radical (unpaired) electrons. The molecule has 1 heterocycles. The van der Waals surface area contributed by atoms with E-state index in [1.807, 2.05) is 13.0 Å². The number of hydrazone groups is 1. The van der Waals surface area contributed by atoms with Crippen LogP contribution in [0.25, 0.3) is 0 Å². The highest BCUT2D eigenvalue weighted by atomic mass is 16.1. The van der Waals surface area contributed by atoms with E-state index in [4.69, 9.17) is 0 Å². The van der Waals surface area contributed by atoms with Gasteiger partial charge >= 0.3 is 0 Å². The maximum absolute atomic E-state index is 11.3. The first-order valence-corrected chi connectivity index (χ1v) is 6.26. The normalized spacial score (nSPS) is 16.4. The predicted molar refractivity (Wildman–Crippen MR) is 70.6 cm³/mol. The summed E-state index contributed by atoms with van der Waals surface area (Å²) in [4.78, 5) is 14.0. The Morgan fingerprint density at radius 3 is 2.53 bits per heavy atom. The van der Waals surface area contributed by atoms with Crippen molar-refractivity contribution in [3.63, 3.8) is 0 Å². The van der Waals surface area contributed by atoms with Crippen molar-refractivity contribution in [2.75, 3.05) is 5.43 Å². The van der Waals surface area contributed by atoms with Gasteiger partial charge < -0.3 is 4.98 Å². The van der Waals surface area contributed by atoms with E-state index < -0.39 is 0 Å². The average molecular weight is 233 g/mol. The Labute approximate surface area is 101 Å². The average Bonchev–Trinajstić information content (AvgIpc) is 2.53. The van der Waals surface area contributed by atoms with Gasteiger partial charge in [-0.05, 0) is 38.7 Å². The molecule has 0 aromatic carbocycles. The van der Waals surface area contributed by atoms with Gasteiger partial charge in [-0.15, -0.1) is 0 Å². The van der Waals surface area contributed by atoms with Crippen LogP contribution in [0, 0.1) is 6.92 Å². The van der Waals surface area contributed by atoms with Crippen molar-refractivity contribution in [1.29, 1.82) is 0 Å². The fraction of sp³-hybridized carbons (Fsp3) is 0.538. The second-order valence-corrected chi connectivity index (χ2v) is 4.62. The van der Waals surface area contributed by atoms with Crippen molar-refractivity contribution in [2.45, 2.75) is 45.4 Å². The van der Waals surface area contributed by atoms with Gasteiger partial charge in [-0.25, -0.2) is 0 Å². The van der Waals surface area contributed by atoms with E-state index in [2.05, 4.69) is 15.5 Å². The molecular formula is C13H19N3O. The van der Waals surface area contributed by atoms with Crippen LogP contribution in [0.2, 0.25) is 0 Å². The number of rotatable bonds is 2. The first kappa shape index (κ1) is 11.9. The van der Waals surface area contributed by atoms with Gasteiger partial charge in [0, 0.05) is 17.5 Å². The van der Waals surface area contributed by atoms with Crippen LogP contribution in [-0.2, 0) is 0 Å². The molecule has 0 aliphatic heterocycles. The van der Waals surface area contributed by atoms with Gasteiger partial charge in [-0.1, -0.05) is 12.8 Å². The lowest BCUT2D eigenvalue weighted by Gasteiger charge is -2.04. The zero-order valence-corrected chi connectivity index (χ0v) is 10.3. The number of aryl methyl sites for hydroxylation is 1. The van der Waals surface area contributed by atoms with Crippen molar-refractivity contribution in [1.82, 2.24) is 4.98 Å². The molecule has 92 valence electrons. The highest BCUT2D eigenvalue weighted by molar-refractivity contribution is 5.85. The van der Waals surface area contributed by atoms with Gasteiger partial charge in [0.15, 0.2) is 0 Å². The SMILES string of the molecule is Cc1cc(NN=C2CCCCCC2)cc(=O)[nH]1. The number of pyridine rings is 1. The van der Waals surface area contributed by atoms with Gasteiger partial charge in [-0.3, -0.25) is 10.2 Å². The predicted octanol–water partition coefficient (Wildman–Crippen LogP) is 2.81. The molecule has 0 spiro atoms. The van der Waals surface area contributed by atoms with Crippen molar-refractivity contribution >= 4 is 11.4 Å². The minimum atomic E-state index is -0.0893. The number of aromatic amines is 1. The third-order valence-electron chi connectivity index (χ3n) is 3.00. The summed E-state index contributed by atoms with van der Waals surface area (Å²) in [6.45, 7) is 1.87. The molecule has 0 bridgehead atoms. The molecule has 0 unspecified atom stereocenters. The summed E-state index contributed by atoms with van der Waals surface area (Å²) >= 11 is 0. The van der Waals surface area contributed by atoms with Crippen LogP contribution in [0.4, 0.5) is 5.69 Å². The van der Waals surface area contributed by atoms with Crippen LogP contribution >= 0.6 is 0 Å². The molecular weight excluding hydrogens is 214 g/mol. The van der Waals surface area contributed by atoms with Crippen molar-refractivity contribution in [3.8, 4) is 0 Å². The van der Waals surface area contributed by atoms with Crippen LogP contribution in [0.3, 0.4) is 0 Å². The fourth-order valence-electron chi connectivity index (χ4n) is 2.14. The van der Waals surface area contributed by atoms with Crippen LogP contribution in [0.1, 0.15) is 44.2 Å². The van der Waals surface area contributed by atoms with Crippen molar-refractivity contribution in [3.05, 3.63) is 28.2 Å². The summed E-state index contributed by atoms with van der Waals surface area (Å²) in [5.41, 5.74) is 5.74. The summed E-state index contributed by atoms with van der Waals surface area (Å²) in [5, 5.41) is 4.41. The summed E-state index contributed by atoms with van der Waals surface area (Å²) < 4.78 is 0. The van der Waals surface area contributed by atoms with Gasteiger partial charge in [0.05, 0.1) is 5.69 Å². The van der Waals surface area contributed by atoms with Crippen LogP contribution < -0.4 is 11.0 Å². The second kappa shape index (κ2) is 5.66. The Bertz CT molecular complexity index is 452. The minimum absolute atomic E-state index is 0.0893. The molecule has 4 heteroatoms. The van der Waals surface area contributed by atoms with Gasteiger partial charge in [-0.2, -0.15) is 5.10 Å². The van der Waals surface area contributed by atoms with Gasteiger partial charge in [0.2, 0.25) is 5.56 Å². The molecule has 1 fully saturated rings. The highest BCUT2D eigenvalue weighted by Gasteiger charge is 2.05. The lowest BCUT2D eigenvalue weighted by molar-refractivity contribution is 0.702. The zero-order valence-electron chi connectivity index (χ0n) is 10.3. The van der Waals surface area contributed by atoms with Crippen LogP contribution in [0.5, 0.6) is 0 Å². The molecule has 0 saturated heterocycles. The molecule has 2 rings (SSSR count). The Morgan fingerprint density at radius 1 is 1.18 bits per heavy atom. The number of hydrogen-bond acceptors (Lipinski definition) is 3. The number of nitrogens with one attached hydrogen (secondary N) is 2. The third kappa shape index (κ3) is 3.73. The molecule has 1 aromatic heterocycles. The van der Waals surface area contributed by atoms with E-state index in [0.29, 0.717) is 0 Å². The van der Waals surface area contributed by atoms with Crippen LogP contribution in [0.15, 0.2) is 22.0 Å². The summed E-state index contributed by atoms with van der Waals surface area (Å²) in [6.07, 6.45) is 7.24. The van der Waals surface area contributed by atoms with E-state index in [1.165, 1.54) is 37.5 Å². The molecule has 1 saturated carbocycles. The van der Waals surface area contributed by atoms with E-state index in [9.17, 15) is 4.79 Å². The number of hydrogen-bond donors (Lipinski definition) is 2. The van der Waals surface area contributed by atoms with Crippen LogP contribution in [-0.4, -0.2) is 10.7 Å². The number of aromatic nitrogens is 1. The molecule has 2 N–H and O–H groups in total. The lowest BCUT2D eigenvalue weighted by Crippen LogP contribution is -2.08. The fourth-order valence-corrected chi connectivity index (χ4v) is 2.14. The maximum Gasteiger partial charge on any atom is 0.250 e. The molecule has 1 aromatic rings. The Kier molecular flexibility index (Phi) is 3.96. The van der Waals surface area contributed by atoms with Gasteiger partial charge in [0.25, 0.3) is 0 Å². The summed E-state index contributed by atoms with van der Waals surface area (Å²) in [7, 11) is 0. The molecule has 0 amide bonds. The smallest absolute Gasteiger partial charge is 0.250 e. The molecule has 17 heavy (non-hydrogen) atoms. The Hall–Kier alpha value is -1.58. The molecule has 4 nitrogen and oxygen atoms in total. The van der Waals surface area contributed by atoms with E-state index in [0.717, 1.165) is 24.2 Å². The number of H-pyrrole nitrogens is 1. The monoisotopic (exact) mass is 233 g/mol. The second-order valence-electron chi connectivity index (χ2n) is 4.62. The Balaban J connectivity index is 2.04. The topological polar surface area (TPSA) is 57.2 Å². The highest BCUT2D eigenvalue weighted by Crippen LogP contribution is 2.15. The van der Waals surface area contributed by atoms with Crippen molar-refractivity contribution < 1.29 is 0 Å². The summed E-state index contributed by atoms with van der Waals surface area (Å²) in [5.74, 6) is 0. The van der Waals surface area contributed by atoms with Gasteiger partial charge in [0.1, 0.15) is 0 Å². The van der Waals surface area contributed by atoms with Crippen molar-refractivity contribution in [2.24, 2.45) is 5.10 Å². The third-order valence-corrected chi connectivity index (χ3v) is 3.00. The number of nitrogens with zero attached hydrogens (tertiary/aromatic N) is 1.